The fraction of sp³-hybridized carbons (Fsp3) is 0.333. The van der Waals surface area contributed by atoms with Crippen LogP contribution in [0.4, 0.5) is 17.6 Å². The number of Topliss-reactive ketones (excluding diaryl/α,β-unsaturated/α-hetero) is 2. The first kappa shape index (κ1) is 35.7. The number of benzene rings is 2. The Morgan fingerprint density at radius 2 is 1.00 bits per heavy atom. The van der Waals surface area contributed by atoms with Crippen molar-refractivity contribution in [3.63, 3.8) is 0 Å². The fourth-order valence-corrected chi connectivity index (χ4v) is 2.24. The zero-order valence-corrected chi connectivity index (χ0v) is 21.4. The molecule has 0 heterocycles. The van der Waals surface area contributed by atoms with E-state index in [1.807, 2.05) is 50.1 Å². The zero-order valence-electron chi connectivity index (χ0n) is 19.9. The number of rotatable bonds is 8. The summed E-state index contributed by atoms with van der Waals surface area (Å²) >= 11 is 0. The summed E-state index contributed by atoms with van der Waals surface area (Å²) in [6.07, 6.45) is 0.423. The van der Waals surface area contributed by atoms with Crippen molar-refractivity contribution in [3.05, 3.63) is 85.6 Å². The van der Waals surface area contributed by atoms with Gasteiger partial charge in [0.25, 0.3) is 0 Å². The van der Waals surface area contributed by atoms with Gasteiger partial charge in [-0.1, -0.05) is 11.1 Å². The molecule has 0 spiro atoms. The quantitative estimate of drug-likeness (QED) is 0.227. The van der Waals surface area contributed by atoms with Gasteiger partial charge in [-0.3, -0.25) is 0 Å². The van der Waals surface area contributed by atoms with Gasteiger partial charge in [0, 0.05) is 49.2 Å². The molecule has 0 aliphatic carbocycles. The second kappa shape index (κ2) is 17.6. The number of nitrogens with zero attached hydrogens (tertiary/aromatic N) is 2. The molecule has 4 nitrogen and oxygen atoms in total. The first-order valence-corrected chi connectivity index (χ1v) is 9.11. The van der Waals surface area contributed by atoms with Crippen molar-refractivity contribution in [1.82, 2.24) is 9.80 Å². The molecule has 0 N–H and O–H groups in total. The van der Waals surface area contributed by atoms with Gasteiger partial charge in [-0.2, -0.15) is 12.1 Å². The van der Waals surface area contributed by atoms with Crippen molar-refractivity contribution in [3.8, 4) is 0 Å². The van der Waals surface area contributed by atoms with Crippen molar-refractivity contribution in [2.45, 2.75) is 12.8 Å². The molecule has 9 heteroatoms. The number of carbonyl (C=O) groups excluding carboxylic acids is 2. The number of ketones is 2. The Morgan fingerprint density at radius 1 is 0.697 bits per heavy atom. The molecule has 0 atom stereocenters. The molecule has 0 fully saturated rings. The number of halogens is 4. The normalized spacial score (nSPS) is 9.76. The van der Waals surface area contributed by atoms with Crippen molar-refractivity contribution in [2.75, 3.05) is 41.3 Å². The Labute approximate surface area is 209 Å². The average Bonchev–Trinajstić information content (AvgIpc) is 2.64. The molecule has 0 bridgehead atoms. The topological polar surface area (TPSA) is 40.6 Å². The van der Waals surface area contributed by atoms with E-state index in [2.05, 4.69) is 0 Å². The predicted molar refractivity (Wildman–Crippen MR) is 118 cm³/mol. The van der Waals surface area contributed by atoms with Gasteiger partial charge in [-0.25, -0.2) is 17.6 Å². The summed E-state index contributed by atoms with van der Waals surface area (Å²) in [4.78, 5) is 26.6. The maximum absolute atomic E-state index is 13.1. The first-order chi connectivity index (χ1) is 14.0. The van der Waals surface area contributed by atoms with Crippen LogP contribution in [0.25, 0.3) is 0 Å². The number of hydrogen-bond acceptors (Lipinski definition) is 4. The van der Waals surface area contributed by atoms with E-state index in [4.69, 9.17) is 0 Å². The van der Waals surface area contributed by atoms with Crippen LogP contribution in [0.3, 0.4) is 0 Å². The van der Waals surface area contributed by atoms with Crippen molar-refractivity contribution in [2.24, 2.45) is 0 Å². The summed E-state index contributed by atoms with van der Waals surface area (Å²) in [5, 5.41) is 0. The smallest absolute Gasteiger partial charge is 0.358 e. The Hall–Kier alpha value is -1.87. The molecule has 2 aromatic carbocycles. The molecule has 0 saturated carbocycles. The van der Waals surface area contributed by atoms with E-state index in [1.165, 1.54) is 0 Å². The molecule has 0 amide bonds. The van der Waals surface area contributed by atoms with Crippen LogP contribution in [0, 0.1) is 50.3 Å². The van der Waals surface area contributed by atoms with Gasteiger partial charge in [-0.15, -0.1) is 24.3 Å². The zero-order chi connectivity index (χ0) is 22.8. The van der Waals surface area contributed by atoms with E-state index in [0.717, 1.165) is 24.3 Å². The van der Waals surface area contributed by atoms with Crippen LogP contribution >= 0.6 is 0 Å². The summed E-state index contributed by atoms with van der Waals surface area (Å²) in [6.45, 7) is 1.07. The second-order valence-electron chi connectivity index (χ2n) is 7.02. The van der Waals surface area contributed by atoms with Gasteiger partial charge in [0.2, 0.25) is 0 Å². The van der Waals surface area contributed by atoms with Crippen LogP contribution < -0.4 is 0 Å². The predicted octanol–water partition coefficient (Wildman–Crippen LogP) is 4.70. The molecule has 33 heavy (non-hydrogen) atoms. The molecular weight excluding hydrogens is 472 g/mol. The summed E-state index contributed by atoms with van der Waals surface area (Å²) in [5.41, 5.74) is -0.198. The third kappa shape index (κ3) is 13.4. The Bertz CT molecular complexity index is 806. The Balaban J connectivity index is -0.000000500. The van der Waals surface area contributed by atoms with Crippen LogP contribution in [0.1, 0.15) is 33.6 Å². The molecule has 0 aliphatic rings. The summed E-state index contributed by atoms with van der Waals surface area (Å²) in [7, 11) is 7.28. The SMILES string of the molecule is CN(C)CCC(=O)c1ccc(F)[c-]c1F.CN(C)CCC(=O)c1ccc(F)[c-]c1F.[CH3-].[CH3-].[Ti+4]. The summed E-state index contributed by atoms with van der Waals surface area (Å²) in [6, 6.07) is 8.05. The van der Waals surface area contributed by atoms with Gasteiger partial charge in [0.15, 0.2) is 0 Å². The molecule has 0 radical (unpaired) electrons. The van der Waals surface area contributed by atoms with Crippen LogP contribution in [0.2, 0.25) is 0 Å². The minimum atomic E-state index is -0.918. The van der Waals surface area contributed by atoms with E-state index < -0.39 is 23.3 Å². The monoisotopic (exact) mass is 502 g/mol. The largest absolute Gasteiger partial charge is 4.00 e. The van der Waals surface area contributed by atoms with E-state index in [9.17, 15) is 27.2 Å². The van der Waals surface area contributed by atoms with Gasteiger partial charge < -0.3 is 34.2 Å². The average molecular weight is 502 g/mol. The molecule has 0 unspecified atom stereocenters. The number of carbonyl (C=O) groups is 2. The third-order valence-electron chi connectivity index (χ3n) is 3.90. The first-order valence-electron chi connectivity index (χ1n) is 9.11. The summed E-state index contributed by atoms with van der Waals surface area (Å²) < 4.78 is 51.2. The summed E-state index contributed by atoms with van der Waals surface area (Å²) in [5.74, 6) is -4.10. The standard InChI is InChI=1S/2C11H12F2NO.2CH3.Ti/c2*1-14(2)6-5-11(15)9-4-3-8(12)7-10(9)13;;;/h2*3-4H,5-6H2,1-2H3;2*1H3;/q4*-1;+4. The molecule has 180 valence electrons. The van der Waals surface area contributed by atoms with Crippen molar-refractivity contribution < 1.29 is 48.9 Å². The van der Waals surface area contributed by atoms with Crippen LogP contribution in [-0.2, 0) is 21.7 Å². The van der Waals surface area contributed by atoms with Crippen molar-refractivity contribution >= 4 is 11.6 Å². The second-order valence-corrected chi connectivity index (χ2v) is 7.02. The van der Waals surface area contributed by atoms with Crippen LogP contribution in [0.5, 0.6) is 0 Å². The Kier molecular flexibility index (Phi) is 19.0. The van der Waals surface area contributed by atoms with Gasteiger partial charge >= 0.3 is 21.7 Å². The van der Waals surface area contributed by atoms with Gasteiger partial charge in [0.05, 0.1) is 0 Å². The molecule has 0 saturated heterocycles. The maximum atomic E-state index is 13.1. The minimum Gasteiger partial charge on any atom is -0.358 e. The Morgan fingerprint density at radius 3 is 1.24 bits per heavy atom. The van der Waals surface area contributed by atoms with E-state index in [0.29, 0.717) is 13.1 Å². The van der Waals surface area contributed by atoms with Crippen LogP contribution in [-0.4, -0.2) is 62.6 Å². The molecule has 2 aromatic rings. The van der Waals surface area contributed by atoms with Crippen molar-refractivity contribution in [1.29, 1.82) is 0 Å². The van der Waals surface area contributed by atoms with Crippen LogP contribution in [0.15, 0.2) is 24.3 Å². The maximum Gasteiger partial charge on any atom is 4.00 e. The molecule has 0 aromatic heterocycles. The van der Waals surface area contributed by atoms with E-state index >= 15 is 0 Å². The minimum absolute atomic E-state index is 0. The number of hydrogen-bond donors (Lipinski definition) is 0. The van der Waals surface area contributed by atoms with Gasteiger partial charge in [-0.05, 0) is 28.2 Å². The van der Waals surface area contributed by atoms with E-state index in [-0.39, 0.29) is 72.1 Å². The molecule has 2 rings (SSSR count). The van der Waals surface area contributed by atoms with E-state index in [1.54, 1.807) is 0 Å². The molecular formula is C24H30F4N2O2Ti. The van der Waals surface area contributed by atoms with Gasteiger partial charge in [0.1, 0.15) is 11.6 Å². The third-order valence-corrected chi connectivity index (χ3v) is 3.90. The molecule has 0 aliphatic heterocycles. The fourth-order valence-electron chi connectivity index (χ4n) is 2.24.